The molecule has 0 radical (unpaired) electrons. The molecule has 2 unspecified atom stereocenters. The summed E-state index contributed by atoms with van der Waals surface area (Å²) in [6.45, 7) is 5.82. The van der Waals surface area contributed by atoms with E-state index in [-0.39, 0.29) is 17.6 Å². The van der Waals surface area contributed by atoms with Gasteiger partial charge in [0.2, 0.25) is 11.8 Å². The third kappa shape index (κ3) is 6.35. The summed E-state index contributed by atoms with van der Waals surface area (Å²) in [7, 11) is 0. The van der Waals surface area contributed by atoms with Crippen LogP contribution in [0.5, 0.6) is 5.75 Å². The largest absolute Gasteiger partial charge is 0.450 e. The normalized spacial score (nSPS) is 19.5. The monoisotopic (exact) mass is 641 g/mol. The summed E-state index contributed by atoms with van der Waals surface area (Å²) in [5, 5.41) is 7.73. The number of aromatic nitrogens is 1. The van der Waals surface area contributed by atoms with Crippen molar-refractivity contribution in [1.29, 1.82) is 0 Å². The Morgan fingerprint density at radius 3 is 2.47 bits per heavy atom. The van der Waals surface area contributed by atoms with Gasteiger partial charge in [-0.05, 0) is 68.4 Å². The molecule has 1 fully saturated rings. The fourth-order valence-electron chi connectivity index (χ4n) is 7.48. The zero-order chi connectivity index (χ0) is 33.1. The van der Waals surface area contributed by atoms with Gasteiger partial charge in [0.1, 0.15) is 5.75 Å². The molecule has 0 spiro atoms. The lowest BCUT2D eigenvalue weighted by Gasteiger charge is -2.35. The van der Waals surface area contributed by atoms with Crippen LogP contribution in [0.2, 0.25) is 0 Å². The SMILES string of the molecule is CC(=O)OC12CCN(C(C)=O)C1N(C(C)=O)c1ccc(OC(=O)NCCCCCCNc3c4c(nc5ccccc35)CCCC4)cc12. The van der Waals surface area contributed by atoms with Gasteiger partial charge >= 0.3 is 12.1 Å². The van der Waals surface area contributed by atoms with Crippen molar-refractivity contribution in [1.82, 2.24) is 15.2 Å². The van der Waals surface area contributed by atoms with E-state index < -0.39 is 23.8 Å². The first-order valence-corrected chi connectivity index (χ1v) is 16.7. The number of fused-ring (bicyclic) bond motifs is 5. The molecule has 0 saturated carbocycles. The van der Waals surface area contributed by atoms with Crippen LogP contribution >= 0.6 is 0 Å². The average molecular weight is 642 g/mol. The number of hydrogen-bond donors (Lipinski definition) is 2. The predicted molar refractivity (Wildman–Crippen MR) is 178 cm³/mol. The van der Waals surface area contributed by atoms with Gasteiger partial charge in [0.25, 0.3) is 0 Å². The Bertz CT molecular complexity index is 1710. The molecule has 3 aliphatic rings. The van der Waals surface area contributed by atoms with Crippen LogP contribution in [0.4, 0.5) is 16.2 Å². The number of unbranched alkanes of at least 4 members (excludes halogenated alkanes) is 3. The molecular weight excluding hydrogens is 598 g/mol. The highest BCUT2D eigenvalue weighted by Gasteiger charge is 2.62. The molecule has 2 aromatic carbocycles. The number of anilines is 2. The molecule has 1 aromatic heterocycles. The van der Waals surface area contributed by atoms with E-state index in [1.54, 1.807) is 23.1 Å². The van der Waals surface area contributed by atoms with Crippen molar-refractivity contribution in [2.24, 2.45) is 0 Å². The molecule has 1 aliphatic carbocycles. The van der Waals surface area contributed by atoms with E-state index in [1.165, 1.54) is 60.8 Å². The van der Waals surface area contributed by atoms with Crippen LogP contribution in [-0.2, 0) is 37.6 Å². The molecule has 3 amide bonds. The van der Waals surface area contributed by atoms with E-state index in [0.717, 1.165) is 50.6 Å². The summed E-state index contributed by atoms with van der Waals surface area (Å²) in [6, 6.07) is 13.3. The summed E-state index contributed by atoms with van der Waals surface area (Å²) in [5.41, 5.74) is 4.73. The van der Waals surface area contributed by atoms with Crippen molar-refractivity contribution in [3.8, 4) is 5.75 Å². The number of para-hydroxylation sites is 1. The highest BCUT2D eigenvalue weighted by atomic mass is 16.6. The van der Waals surface area contributed by atoms with Gasteiger partial charge in [0.05, 0.1) is 11.2 Å². The Labute approximate surface area is 275 Å². The first-order chi connectivity index (χ1) is 22.7. The number of carbonyl (C=O) groups excluding carboxylic acids is 4. The molecule has 0 bridgehead atoms. The van der Waals surface area contributed by atoms with Crippen LogP contribution in [0.15, 0.2) is 42.5 Å². The summed E-state index contributed by atoms with van der Waals surface area (Å²) in [4.78, 5) is 58.1. The minimum absolute atomic E-state index is 0.226. The minimum atomic E-state index is -1.24. The maximum absolute atomic E-state index is 12.8. The molecule has 6 rings (SSSR count). The molecule has 47 heavy (non-hydrogen) atoms. The fraction of sp³-hybridized carbons (Fsp3) is 0.472. The molecule has 11 heteroatoms. The van der Waals surface area contributed by atoms with E-state index in [0.29, 0.717) is 30.8 Å². The zero-order valence-corrected chi connectivity index (χ0v) is 27.4. The Morgan fingerprint density at radius 1 is 0.936 bits per heavy atom. The van der Waals surface area contributed by atoms with Gasteiger partial charge < -0.3 is 25.0 Å². The number of amides is 3. The number of carbonyl (C=O) groups is 4. The van der Waals surface area contributed by atoms with Crippen molar-refractivity contribution >= 4 is 46.2 Å². The number of ether oxygens (including phenoxy) is 2. The van der Waals surface area contributed by atoms with Crippen LogP contribution in [0.25, 0.3) is 10.9 Å². The van der Waals surface area contributed by atoms with Crippen molar-refractivity contribution in [3.05, 3.63) is 59.3 Å². The van der Waals surface area contributed by atoms with Gasteiger partial charge in [-0.3, -0.25) is 24.3 Å². The Kier molecular flexibility index (Phi) is 9.33. The Balaban J connectivity index is 0.999. The number of benzene rings is 2. The van der Waals surface area contributed by atoms with Crippen LogP contribution in [0.1, 0.15) is 82.5 Å². The van der Waals surface area contributed by atoms with Crippen LogP contribution in [0, 0.1) is 0 Å². The first kappa shape index (κ1) is 32.3. The quantitative estimate of drug-likeness (QED) is 0.217. The highest BCUT2D eigenvalue weighted by molar-refractivity contribution is 5.97. The second kappa shape index (κ2) is 13.6. The summed E-state index contributed by atoms with van der Waals surface area (Å²) in [6.07, 6.45) is 7.30. The van der Waals surface area contributed by atoms with Crippen molar-refractivity contribution in [2.45, 2.75) is 90.3 Å². The minimum Gasteiger partial charge on any atom is -0.450 e. The maximum atomic E-state index is 12.8. The molecule has 3 heterocycles. The number of nitrogens with one attached hydrogen (secondary N) is 2. The lowest BCUT2D eigenvalue weighted by atomic mass is 9.92. The Hall–Kier alpha value is -4.67. The van der Waals surface area contributed by atoms with Crippen LogP contribution in [0.3, 0.4) is 0 Å². The van der Waals surface area contributed by atoms with Gasteiger partial charge in [-0.1, -0.05) is 31.0 Å². The van der Waals surface area contributed by atoms with Crippen molar-refractivity contribution in [2.75, 3.05) is 29.9 Å². The maximum Gasteiger partial charge on any atom is 0.412 e. The first-order valence-electron chi connectivity index (χ1n) is 16.7. The predicted octanol–water partition coefficient (Wildman–Crippen LogP) is 5.58. The van der Waals surface area contributed by atoms with Crippen LogP contribution in [-0.4, -0.2) is 59.6 Å². The number of esters is 1. The number of likely N-dealkylation sites (tertiary alicyclic amines) is 1. The van der Waals surface area contributed by atoms with Crippen molar-refractivity contribution in [3.63, 3.8) is 0 Å². The van der Waals surface area contributed by atoms with E-state index in [4.69, 9.17) is 14.5 Å². The molecule has 3 aromatic rings. The topological polar surface area (TPSA) is 130 Å². The molecule has 2 N–H and O–H groups in total. The number of pyridine rings is 1. The smallest absolute Gasteiger partial charge is 0.412 e. The zero-order valence-electron chi connectivity index (χ0n) is 27.4. The number of aryl methyl sites for hydroxylation is 1. The van der Waals surface area contributed by atoms with Gasteiger partial charge in [-0.15, -0.1) is 0 Å². The van der Waals surface area contributed by atoms with E-state index in [1.807, 2.05) is 6.07 Å². The highest BCUT2D eigenvalue weighted by Crippen LogP contribution is 2.54. The second-order valence-corrected chi connectivity index (χ2v) is 12.7. The molecule has 1 saturated heterocycles. The van der Waals surface area contributed by atoms with Gasteiger partial charge in [0, 0.05) is 69.2 Å². The van der Waals surface area contributed by atoms with Gasteiger partial charge in [-0.25, -0.2) is 4.79 Å². The third-order valence-corrected chi connectivity index (χ3v) is 9.49. The molecule has 248 valence electrons. The number of hydrogen-bond acceptors (Lipinski definition) is 8. The van der Waals surface area contributed by atoms with E-state index in [2.05, 4.69) is 28.8 Å². The lowest BCUT2D eigenvalue weighted by molar-refractivity contribution is -0.162. The molecule has 11 nitrogen and oxygen atoms in total. The Morgan fingerprint density at radius 2 is 1.70 bits per heavy atom. The fourth-order valence-corrected chi connectivity index (χ4v) is 7.48. The summed E-state index contributed by atoms with van der Waals surface area (Å²) < 4.78 is 11.5. The van der Waals surface area contributed by atoms with Gasteiger partial charge in [-0.2, -0.15) is 0 Å². The van der Waals surface area contributed by atoms with E-state index >= 15 is 0 Å². The molecular formula is C36H43N5O6. The van der Waals surface area contributed by atoms with Gasteiger partial charge in [0.15, 0.2) is 11.8 Å². The standard InChI is InChI=1S/C36H43N5O6/c1-23(42)40-21-18-36(47-25(3)44)29-22-26(16-17-32(29)41(24(2)43)34(36)40)46-35(45)38-20-11-5-4-10-19-37-33-27-12-6-8-14-30(27)39-31-15-9-7-13-28(31)33/h6,8,12,14,16-17,22,34H,4-5,7,9-11,13,15,18-21H2,1-3H3,(H,37,39)(H,38,45). The third-order valence-electron chi connectivity index (χ3n) is 9.49. The average Bonchev–Trinajstić information content (AvgIpc) is 3.53. The molecule has 2 aliphatic heterocycles. The lowest BCUT2D eigenvalue weighted by Crippen LogP contribution is -2.54. The summed E-state index contributed by atoms with van der Waals surface area (Å²) >= 11 is 0. The van der Waals surface area contributed by atoms with E-state index in [9.17, 15) is 19.2 Å². The summed E-state index contributed by atoms with van der Waals surface area (Å²) in [5.74, 6) is -0.780. The van der Waals surface area contributed by atoms with Crippen LogP contribution < -0.4 is 20.3 Å². The molecule has 2 atom stereocenters. The number of rotatable bonds is 10. The number of nitrogens with zero attached hydrogens (tertiary/aromatic N) is 3. The second-order valence-electron chi connectivity index (χ2n) is 12.7. The van der Waals surface area contributed by atoms with Crippen molar-refractivity contribution < 1.29 is 28.7 Å².